The van der Waals surface area contributed by atoms with Crippen LogP contribution in [0.15, 0.2) is 0 Å². The first-order valence-electron chi connectivity index (χ1n) is 6.53. The fraction of sp³-hybridized carbons (Fsp3) is 1.00. The summed E-state index contributed by atoms with van der Waals surface area (Å²) >= 11 is 0. The average molecular weight is 232 g/mol. The molecule has 2 unspecified atom stereocenters. The number of hydrogen-bond acceptors (Lipinski definition) is 3. The largest absolute Gasteiger partial charge is 0.380 e. The van der Waals surface area contributed by atoms with Crippen molar-refractivity contribution in [3.05, 3.63) is 0 Å². The van der Waals surface area contributed by atoms with Crippen molar-refractivity contribution < 1.29 is 4.74 Å². The van der Waals surface area contributed by atoms with Gasteiger partial charge in [-0.15, -0.1) is 0 Å². The third-order valence-electron chi connectivity index (χ3n) is 2.62. The molecule has 3 heteroatoms. The van der Waals surface area contributed by atoms with E-state index in [1.807, 2.05) is 27.7 Å². The zero-order chi connectivity index (χ0) is 13.1. The van der Waals surface area contributed by atoms with Crippen molar-refractivity contribution in [1.82, 2.24) is 9.80 Å². The molecule has 3 nitrogen and oxygen atoms in total. The van der Waals surface area contributed by atoms with Gasteiger partial charge in [0, 0.05) is 18.7 Å². The van der Waals surface area contributed by atoms with E-state index in [9.17, 15) is 0 Å². The lowest BCUT2D eigenvalue weighted by Gasteiger charge is -2.39. The third-order valence-corrected chi connectivity index (χ3v) is 2.62. The van der Waals surface area contributed by atoms with E-state index in [0.29, 0.717) is 12.1 Å². The molecule has 0 aromatic rings. The molecule has 0 saturated carbocycles. The van der Waals surface area contributed by atoms with Crippen molar-refractivity contribution in [3.63, 3.8) is 0 Å². The fourth-order valence-electron chi connectivity index (χ4n) is 1.81. The van der Waals surface area contributed by atoms with Gasteiger partial charge in [0.15, 0.2) is 0 Å². The maximum atomic E-state index is 5.46. The van der Waals surface area contributed by atoms with Crippen molar-refractivity contribution in [2.24, 2.45) is 0 Å². The van der Waals surface area contributed by atoms with Crippen LogP contribution in [0.1, 0.15) is 34.1 Å². The molecule has 2 atom stereocenters. The molecule has 1 fully saturated rings. The van der Waals surface area contributed by atoms with E-state index in [1.54, 1.807) is 0 Å². The van der Waals surface area contributed by atoms with Crippen LogP contribution in [0.3, 0.4) is 0 Å². The highest BCUT2D eigenvalue weighted by molar-refractivity contribution is 4.84. The maximum Gasteiger partial charge on any atom is 0.0636 e. The first kappa shape index (κ1) is 18.3. The van der Waals surface area contributed by atoms with Crippen LogP contribution >= 0.6 is 0 Å². The molecule has 1 aliphatic rings. The Balaban J connectivity index is 0. The smallest absolute Gasteiger partial charge is 0.0636 e. The molecule has 0 aliphatic carbocycles. The predicted molar refractivity (Wildman–Crippen MR) is 73.1 cm³/mol. The third kappa shape index (κ3) is 6.46. The SMILES string of the molecule is CC.CC.CN(C)C1CCOCC1N(C)C. The van der Waals surface area contributed by atoms with E-state index < -0.39 is 0 Å². The quantitative estimate of drug-likeness (QED) is 0.727. The van der Waals surface area contributed by atoms with Crippen LogP contribution in [-0.2, 0) is 4.74 Å². The van der Waals surface area contributed by atoms with E-state index >= 15 is 0 Å². The number of nitrogens with zero attached hydrogens (tertiary/aromatic N) is 2. The van der Waals surface area contributed by atoms with Gasteiger partial charge in [-0.3, -0.25) is 0 Å². The first-order valence-corrected chi connectivity index (χ1v) is 6.53. The summed E-state index contributed by atoms with van der Waals surface area (Å²) in [7, 11) is 8.53. The highest BCUT2D eigenvalue weighted by atomic mass is 16.5. The van der Waals surface area contributed by atoms with Gasteiger partial charge in [-0.25, -0.2) is 0 Å². The molecule has 0 radical (unpaired) electrons. The maximum absolute atomic E-state index is 5.46. The molecule has 100 valence electrons. The van der Waals surface area contributed by atoms with Crippen LogP contribution in [-0.4, -0.2) is 63.3 Å². The Morgan fingerprint density at radius 2 is 1.25 bits per heavy atom. The van der Waals surface area contributed by atoms with Gasteiger partial charge in [-0.1, -0.05) is 27.7 Å². The fourth-order valence-corrected chi connectivity index (χ4v) is 1.81. The minimum absolute atomic E-state index is 0.550. The van der Waals surface area contributed by atoms with Gasteiger partial charge >= 0.3 is 0 Å². The van der Waals surface area contributed by atoms with Gasteiger partial charge in [0.05, 0.1) is 6.61 Å². The van der Waals surface area contributed by atoms with Gasteiger partial charge in [0.25, 0.3) is 0 Å². The molecule has 0 aromatic heterocycles. The van der Waals surface area contributed by atoms with Gasteiger partial charge in [-0.2, -0.15) is 0 Å². The van der Waals surface area contributed by atoms with Crippen molar-refractivity contribution >= 4 is 0 Å². The summed E-state index contributed by atoms with van der Waals surface area (Å²) in [6.45, 7) is 9.78. The van der Waals surface area contributed by atoms with Crippen molar-refractivity contribution in [2.45, 2.75) is 46.2 Å². The molecule has 1 saturated heterocycles. The van der Waals surface area contributed by atoms with Crippen LogP contribution in [0.2, 0.25) is 0 Å². The number of likely N-dealkylation sites (N-methyl/N-ethyl adjacent to an activating group) is 2. The van der Waals surface area contributed by atoms with Crippen LogP contribution in [0, 0.1) is 0 Å². The predicted octanol–water partition coefficient (Wildman–Crippen LogP) is 2.32. The normalized spacial score (nSPS) is 24.4. The Bertz CT molecular complexity index is 122. The summed E-state index contributed by atoms with van der Waals surface area (Å²) in [5.74, 6) is 0. The Morgan fingerprint density at radius 3 is 1.56 bits per heavy atom. The highest BCUT2D eigenvalue weighted by Crippen LogP contribution is 2.15. The summed E-state index contributed by atoms with van der Waals surface area (Å²) in [6, 6.07) is 1.20. The molecule has 0 N–H and O–H groups in total. The zero-order valence-corrected chi connectivity index (χ0v) is 12.6. The zero-order valence-electron chi connectivity index (χ0n) is 12.6. The van der Waals surface area contributed by atoms with Crippen molar-refractivity contribution in [1.29, 1.82) is 0 Å². The van der Waals surface area contributed by atoms with Crippen molar-refractivity contribution in [2.75, 3.05) is 41.4 Å². The van der Waals surface area contributed by atoms with Crippen molar-refractivity contribution in [3.8, 4) is 0 Å². The van der Waals surface area contributed by atoms with E-state index in [2.05, 4.69) is 38.0 Å². The molecule has 0 spiro atoms. The molecule has 0 aromatic carbocycles. The monoisotopic (exact) mass is 232 g/mol. The molecule has 1 rings (SSSR count). The molecular formula is C13H32N2O. The lowest BCUT2D eigenvalue weighted by atomic mass is 10.0. The lowest BCUT2D eigenvalue weighted by molar-refractivity contribution is -0.0131. The Kier molecular flexibility index (Phi) is 13.0. The van der Waals surface area contributed by atoms with Gasteiger partial charge in [0.1, 0.15) is 0 Å². The van der Waals surface area contributed by atoms with Crippen LogP contribution in [0.4, 0.5) is 0 Å². The number of hydrogen-bond donors (Lipinski definition) is 0. The van der Waals surface area contributed by atoms with E-state index in [0.717, 1.165) is 19.6 Å². The lowest BCUT2D eigenvalue weighted by Crippen LogP contribution is -2.52. The molecule has 1 aliphatic heterocycles. The Labute approximate surface area is 103 Å². The summed E-state index contributed by atoms with van der Waals surface area (Å²) in [5, 5.41) is 0. The highest BCUT2D eigenvalue weighted by Gasteiger charge is 2.28. The number of rotatable bonds is 2. The number of ether oxygens (including phenoxy) is 1. The van der Waals surface area contributed by atoms with Crippen LogP contribution < -0.4 is 0 Å². The minimum atomic E-state index is 0.550. The average Bonchev–Trinajstić information content (AvgIpc) is 2.34. The molecule has 0 amide bonds. The molecule has 16 heavy (non-hydrogen) atoms. The van der Waals surface area contributed by atoms with E-state index in [-0.39, 0.29) is 0 Å². The molecule has 0 bridgehead atoms. The van der Waals surface area contributed by atoms with Crippen LogP contribution in [0.5, 0.6) is 0 Å². The van der Waals surface area contributed by atoms with E-state index in [4.69, 9.17) is 4.74 Å². The first-order chi connectivity index (χ1) is 7.63. The second-order valence-corrected chi connectivity index (χ2v) is 3.93. The summed E-state index contributed by atoms with van der Waals surface area (Å²) in [4.78, 5) is 4.55. The van der Waals surface area contributed by atoms with Gasteiger partial charge in [-0.05, 0) is 34.6 Å². The molecular weight excluding hydrogens is 200 g/mol. The second-order valence-electron chi connectivity index (χ2n) is 3.93. The molecule has 1 heterocycles. The topological polar surface area (TPSA) is 15.7 Å². The van der Waals surface area contributed by atoms with Crippen LogP contribution in [0.25, 0.3) is 0 Å². The van der Waals surface area contributed by atoms with E-state index in [1.165, 1.54) is 0 Å². The summed E-state index contributed by atoms with van der Waals surface area (Å²) in [6.07, 6.45) is 1.15. The standard InChI is InChI=1S/C9H20N2O.2C2H6/c1-10(2)8-5-6-12-7-9(8)11(3)4;2*1-2/h8-9H,5-7H2,1-4H3;2*1-2H3. The van der Waals surface area contributed by atoms with Gasteiger partial charge in [0.2, 0.25) is 0 Å². The minimum Gasteiger partial charge on any atom is -0.380 e. The summed E-state index contributed by atoms with van der Waals surface area (Å²) in [5.41, 5.74) is 0. The summed E-state index contributed by atoms with van der Waals surface area (Å²) < 4.78 is 5.46. The van der Waals surface area contributed by atoms with Gasteiger partial charge < -0.3 is 14.5 Å². The second kappa shape index (κ2) is 11.4. The Morgan fingerprint density at radius 1 is 0.812 bits per heavy atom. The Hall–Kier alpha value is -0.120.